The molecule has 9 heteroatoms. The van der Waals surface area contributed by atoms with Gasteiger partial charge in [0.2, 0.25) is 5.82 Å². The normalized spacial score (nSPS) is 25.8. The van der Waals surface area contributed by atoms with E-state index in [0.29, 0.717) is 32.5 Å². The maximum absolute atomic E-state index is 13.9. The van der Waals surface area contributed by atoms with Crippen molar-refractivity contribution in [3.05, 3.63) is 59.9 Å². The standard InChI is InChI=1S/C24H29F3N2O4/c25-17-3-1-4-18(13-17)29-11-8-23(31,9-12-29)14-28-10-7-21(30)24(32,15-28)16-33-20-6-2-5-19(26)22(20)27/h1-6,13,21,30-32H,7-12,14-16H2/t21-,24-/m0/s1. The lowest BCUT2D eigenvalue weighted by atomic mass is 9.86. The molecule has 2 atom stereocenters. The molecule has 180 valence electrons. The Bertz CT molecular complexity index is 970. The monoisotopic (exact) mass is 466 g/mol. The zero-order valence-corrected chi connectivity index (χ0v) is 18.3. The third-order valence-corrected chi connectivity index (χ3v) is 6.62. The van der Waals surface area contributed by atoms with Gasteiger partial charge in [0.15, 0.2) is 11.6 Å². The van der Waals surface area contributed by atoms with Crippen LogP contribution in [0.25, 0.3) is 0 Å². The van der Waals surface area contributed by atoms with Crippen LogP contribution in [0.3, 0.4) is 0 Å². The molecule has 2 heterocycles. The number of rotatable bonds is 6. The van der Waals surface area contributed by atoms with E-state index < -0.39 is 35.5 Å². The Balaban J connectivity index is 1.35. The highest BCUT2D eigenvalue weighted by atomic mass is 19.2. The van der Waals surface area contributed by atoms with Crippen LogP contribution in [0.5, 0.6) is 5.75 Å². The first kappa shape index (κ1) is 23.8. The van der Waals surface area contributed by atoms with Gasteiger partial charge in [0.25, 0.3) is 0 Å². The Morgan fingerprint density at radius 2 is 1.73 bits per heavy atom. The van der Waals surface area contributed by atoms with E-state index in [2.05, 4.69) is 0 Å². The number of likely N-dealkylation sites (tertiary alicyclic amines) is 1. The molecule has 0 radical (unpaired) electrons. The van der Waals surface area contributed by atoms with Crippen LogP contribution in [-0.4, -0.2) is 76.9 Å². The molecule has 2 fully saturated rings. The molecule has 0 unspecified atom stereocenters. The highest BCUT2D eigenvalue weighted by Gasteiger charge is 2.44. The molecule has 6 nitrogen and oxygen atoms in total. The molecule has 0 saturated carbocycles. The maximum atomic E-state index is 13.9. The molecular formula is C24H29F3N2O4. The minimum Gasteiger partial charge on any atom is -0.487 e. The minimum absolute atomic E-state index is 0.0149. The first-order valence-electron chi connectivity index (χ1n) is 11.1. The molecule has 2 aliphatic rings. The number of aliphatic hydroxyl groups excluding tert-OH is 1. The fraction of sp³-hybridized carbons (Fsp3) is 0.500. The van der Waals surface area contributed by atoms with Crippen molar-refractivity contribution >= 4 is 5.69 Å². The van der Waals surface area contributed by atoms with E-state index in [-0.39, 0.29) is 31.1 Å². The number of hydrogen-bond donors (Lipinski definition) is 3. The molecule has 3 N–H and O–H groups in total. The Kier molecular flexibility index (Phi) is 6.86. The largest absolute Gasteiger partial charge is 0.487 e. The third kappa shape index (κ3) is 5.43. The predicted octanol–water partition coefficient (Wildman–Crippen LogP) is 2.31. The van der Waals surface area contributed by atoms with E-state index in [1.54, 1.807) is 6.07 Å². The van der Waals surface area contributed by atoms with Crippen LogP contribution in [0.15, 0.2) is 42.5 Å². The van der Waals surface area contributed by atoms with Crippen LogP contribution >= 0.6 is 0 Å². The lowest BCUT2D eigenvalue weighted by Gasteiger charge is -2.46. The molecule has 0 aliphatic carbocycles. The Labute approximate surface area is 190 Å². The van der Waals surface area contributed by atoms with E-state index in [9.17, 15) is 28.5 Å². The summed E-state index contributed by atoms with van der Waals surface area (Å²) >= 11 is 0. The summed E-state index contributed by atoms with van der Waals surface area (Å²) < 4.78 is 46.1. The van der Waals surface area contributed by atoms with Crippen molar-refractivity contribution in [3.63, 3.8) is 0 Å². The number of hydrogen-bond acceptors (Lipinski definition) is 6. The zero-order chi connectivity index (χ0) is 23.6. The second kappa shape index (κ2) is 9.50. The van der Waals surface area contributed by atoms with Crippen LogP contribution < -0.4 is 9.64 Å². The van der Waals surface area contributed by atoms with Crippen molar-refractivity contribution in [2.45, 2.75) is 36.6 Å². The van der Waals surface area contributed by atoms with Crippen LogP contribution in [-0.2, 0) is 0 Å². The molecular weight excluding hydrogens is 437 g/mol. The molecule has 2 saturated heterocycles. The fourth-order valence-corrected chi connectivity index (χ4v) is 4.65. The number of piperidine rings is 2. The molecule has 4 rings (SSSR count). The lowest BCUT2D eigenvalue weighted by Crippen LogP contribution is -2.62. The average molecular weight is 467 g/mol. The van der Waals surface area contributed by atoms with Gasteiger partial charge in [0.05, 0.1) is 11.7 Å². The smallest absolute Gasteiger partial charge is 0.200 e. The molecule has 0 bridgehead atoms. The van der Waals surface area contributed by atoms with Gasteiger partial charge in [-0.2, -0.15) is 4.39 Å². The van der Waals surface area contributed by atoms with E-state index in [0.717, 1.165) is 11.8 Å². The van der Waals surface area contributed by atoms with Crippen molar-refractivity contribution in [1.82, 2.24) is 4.90 Å². The van der Waals surface area contributed by atoms with Gasteiger partial charge < -0.3 is 25.0 Å². The molecule has 0 spiro atoms. The summed E-state index contributed by atoms with van der Waals surface area (Å²) in [6.07, 6.45) is 0.0736. The van der Waals surface area contributed by atoms with E-state index in [1.165, 1.54) is 24.3 Å². The Hall–Kier alpha value is -2.33. The number of nitrogens with zero attached hydrogens (tertiary/aromatic N) is 2. The fourth-order valence-electron chi connectivity index (χ4n) is 4.65. The average Bonchev–Trinajstić information content (AvgIpc) is 2.78. The second-order valence-corrected chi connectivity index (χ2v) is 9.15. The predicted molar refractivity (Wildman–Crippen MR) is 117 cm³/mol. The zero-order valence-electron chi connectivity index (χ0n) is 18.3. The van der Waals surface area contributed by atoms with Gasteiger partial charge in [-0.15, -0.1) is 0 Å². The van der Waals surface area contributed by atoms with Crippen molar-refractivity contribution in [1.29, 1.82) is 0 Å². The first-order chi connectivity index (χ1) is 15.7. The van der Waals surface area contributed by atoms with Crippen LogP contribution in [0, 0.1) is 17.5 Å². The Morgan fingerprint density at radius 3 is 2.45 bits per heavy atom. The number of β-amino-alcohol motifs (C(OH)–C–C–N with tert-alkyl or cyclic N) is 2. The molecule has 2 aromatic rings. The second-order valence-electron chi connectivity index (χ2n) is 9.15. The number of ether oxygens (including phenoxy) is 1. The third-order valence-electron chi connectivity index (χ3n) is 6.62. The summed E-state index contributed by atoms with van der Waals surface area (Å²) in [6, 6.07) is 9.87. The van der Waals surface area contributed by atoms with Crippen LogP contribution in [0.2, 0.25) is 0 Å². The molecule has 0 aromatic heterocycles. The van der Waals surface area contributed by atoms with Gasteiger partial charge in [-0.3, -0.25) is 4.90 Å². The van der Waals surface area contributed by atoms with Crippen LogP contribution in [0.1, 0.15) is 19.3 Å². The van der Waals surface area contributed by atoms with E-state index in [4.69, 9.17) is 4.74 Å². The van der Waals surface area contributed by atoms with Gasteiger partial charge in [-0.25, -0.2) is 8.78 Å². The summed E-state index contributed by atoms with van der Waals surface area (Å²) in [6.45, 7) is 1.46. The van der Waals surface area contributed by atoms with Crippen molar-refractivity contribution in [2.24, 2.45) is 0 Å². The van der Waals surface area contributed by atoms with E-state index >= 15 is 0 Å². The SMILES string of the molecule is O[C@H]1CCN(CC2(O)CCN(c3cccc(F)c3)CC2)C[C@]1(O)COc1cccc(F)c1F. The molecule has 33 heavy (non-hydrogen) atoms. The van der Waals surface area contributed by atoms with Gasteiger partial charge in [-0.1, -0.05) is 12.1 Å². The number of benzene rings is 2. The lowest BCUT2D eigenvalue weighted by molar-refractivity contribution is -0.149. The van der Waals surface area contributed by atoms with Gasteiger partial charge in [0, 0.05) is 38.4 Å². The molecule has 2 aliphatic heterocycles. The van der Waals surface area contributed by atoms with E-state index in [1.807, 2.05) is 15.9 Å². The number of anilines is 1. The summed E-state index contributed by atoms with van der Waals surface area (Å²) in [5, 5.41) is 32.5. The quantitative estimate of drug-likeness (QED) is 0.607. The highest BCUT2D eigenvalue weighted by molar-refractivity contribution is 5.47. The van der Waals surface area contributed by atoms with Gasteiger partial charge in [-0.05, 0) is 49.6 Å². The van der Waals surface area contributed by atoms with Crippen molar-refractivity contribution in [3.8, 4) is 5.75 Å². The number of halogens is 3. The summed E-state index contributed by atoms with van der Waals surface area (Å²) in [7, 11) is 0. The minimum atomic E-state index is -1.70. The van der Waals surface area contributed by atoms with Gasteiger partial charge >= 0.3 is 0 Å². The van der Waals surface area contributed by atoms with Gasteiger partial charge in [0.1, 0.15) is 18.0 Å². The molecule has 0 amide bonds. The van der Waals surface area contributed by atoms with Crippen molar-refractivity contribution in [2.75, 3.05) is 44.2 Å². The maximum Gasteiger partial charge on any atom is 0.200 e. The summed E-state index contributed by atoms with van der Waals surface area (Å²) in [5.41, 5.74) is -1.92. The van der Waals surface area contributed by atoms with Crippen molar-refractivity contribution < 1.29 is 33.2 Å². The first-order valence-corrected chi connectivity index (χ1v) is 11.1. The number of aliphatic hydroxyl groups is 3. The Morgan fingerprint density at radius 1 is 1.00 bits per heavy atom. The highest BCUT2D eigenvalue weighted by Crippen LogP contribution is 2.31. The topological polar surface area (TPSA) is 76.4 Å². The molecule has 2 aromatic carbocycles. The summed E-state index contributed by atoms with van der Waals surface area (Å²) in [4.78, 5) is 3.88. The van der Waals surface area contributed by atoms with Crippen LogP contribution in [0.4, 0.5) is 18.9 Å². The summed E-state index contributed by atoms with van der Waals surface area (Å²) in [5.74, 6) is -2.85.